The number of aliphatic carboxylic acids is 1. The van der Waals surface area contributed by atoms with Crippen LogP contribution in [-0.2, 0) is 11.2 Å². The van der Waals surface area contributed by atoms with Gasteiger partial charge in [0, 0.05) is 22.9 Å². The van der Waals surface area contributed by atoms with Crippen molar-refractivity contribution in [2.45, 2.75) is 12.8 Å². The number of aryl methyl sites for hydroxylation is 1. The molecule has 0 unspecified atom stereocenters. The number of aromatic nitrogens is 1. The van der Waals surface area contributed by atoms with Crippen LogP contribution in [0.5, 0.6) is 0 Å². The van der Waals surface area contributed by atoms with E-state index < -0.39 is 5.97 Å². The van der Waals surface area contributed by atoms with E-state index >= 15 is 0 Å². The van der Waals surface area contributed by atoms with Crippen LogP contribution in [0.2, 0.25) is 0 Å². The first-order valence-corrected chi connectivity index (χ1v) is 8.56. The lowest BCUT2D eigenvalue weighted by Gasteiger charge is -2.13. The average molecular weight is 379 g/mol. The second kappa shape index (κ2) is 8.06. The largest absolute Gasteiger partial charge is 0.481 e. The standard InChI is InChI=1S/C22H18N2O2.ClH/c25-21(26)14-11-15-9-12-16(13-10-15)23-22-17-5-1-3-7-19(17)24-20-8-4-2-6-18(20)22;/h1-10,12-13H,11,14H2,(H,23,24)(H,25,26);1H. The molecule has 0 saturated carbocycles. The SMILES string of the molecule is Cl.O=C(O)CCc1ccc(Nc2c3ccccc3nc3ccccc23)cc1. The number of benzene rings is 3. The third kappa shape index (κ3) is 4.01. The highest BCUT2D eigenvalue weighted by Crippen LogP contribution is 2.32. The number of carbonyl (C=O) groups is 1. The molecule has 2 N–H and O–H groups in total. The molecule has 5 heteroatoms. The summed E-state index contributed by atoms with van der Waals surface area (Å²) in [4.78, 5) is 15.5. The van der Waals surface area contributed by atoms with E-state index in [0.29, 0.717) is 6.42 Å². The number of pyridine rings is 1. The summed E-state index contributed by atoms with van der Waals surface area (Å²) in [6, 6.07) is 24.1. The monoisotopic (exact) mass is 378 g/mol. The molecule has 4 rings (SSSR count). The maximum atomic E-state index is 10.7. The van der Waals surface area contributed by atoms with Crippen molar-refractivity contribution < 1.29 is 9.90 Å². The highest BCUT2D eigenvalue weighted by molar-refractivity contribution is 6.08. The van der Waals surface area contributed by atoms with Gasteiger partial charge in [-0.3, -0.25) is 4.79 Å². The predicted octanol–water partition coefficient (Wildman–Crippen LogP) is 5.57. The summed E-state index contributed by atoms with van der Waals surface area (Å²) in [5.41, 5.74) is 4.91. The fraction of sp³-hybridized carbons (Fsp3) is 0.0909. The summed E-state index contributed by atoms with van der Waals surface area (Å²) in [5.74, 6) is -0.776. The first kappa shape index (κ1) is 18.7. The number of carboxylic acid groups (broad SMARTS) is 1. The van der Waals surface area contributed by atoms with E-state index in [4.69, 9.17) is 10.1 Å². The molecule has 0 radical (unpaired) electrons. The number of fused-ring (bicyclic) bond motifs is 2. The minimum atomic E-state index is -0.776. The van der Waals surface area contributed by atoms with Gasteiger partial charge in [0.05, 0.1) is 16.7 Å². The van der Waals surface area contributed by atoms with Gasteiger partial charge >= 0.3 is 5.97 Å². The van der Waals surface area contributed by atoms with Crippen LogP contribution >= 0.6 is 12.4 Å². The molecule has 1 aromatic heterocycles. The van der Waals surface area contributed by atoms with Gasteiger partial charge in [0.2, 0.25) is 0 Å². The van der Waals surface area contributed by atoms with Crippen molar-refractivity contribution in [3.05, 3.63) is 78.4 Å². The first-order valence-electron chi connectivity index (χ1n) is 8.56. The summed E-state index contributed by atoms with van der Waals surface area (Å²) in [6.45, 7) is 0. The number of hydrogen-bond donors (Lipinski definition) is 2. The van der Waals surface area contributed by atoms with E-state index in [0.717, 1.165) is 38.7 Å². The lowest BCUT2D eigenvalue weighted by atomic mass is 10.1. The van der Waals surface area contributed by atoms with Gasteiger partial charge in [0.1, 0.15) is 0 Å². The number of anilines is 2. The smallest absolute Gasteiger partial charge is 0.303 e. The lowest BCUT2D eigenvalue weighted by molar-refractivity contribution is -0.136. The molecule has 27 heavy (non-hydrogen) atoms. The molecule has 0 aliphatic heterocycles. The van der Waals surface area contributed by atoms with E-state index in [1.165, 1.54) is 0 Å². The van der Waals surface area contributed by atoms with Gasteiger partial charge in [-0.15, -0.1) is 12.4 Å². The van der Waals surface area contributed by atoms with Crippen LogP contribution in [0.15, 0.2) is 72.8 Å². The Morgan fingerprint density at radius 2 is 1.41 bits per heavy atom. The zero-order valence-corrected chi connectivity index (χ0v) is 15.4. The molecule has 0 atom stereocenters. The zero-order valence-electron chi connectivity index (χ0n) is 14.6. The van der Waals surface area contributed by atoms with Crippen LogP contribution in [0.4, 0.5) is 11.4 Å². The second-order valence-electron chi connectivity index (χ2n) is 6.24. The summed E-state index contributed by atoms with van der Waals surface area (Å²) >= 11 is 0. The first-order chi connectivity index (χ1) is 12.7. The average Bonchev–Trinajstić information content (AvgIpc) is 2.67. The molecule has 0 fully saturated rings. The van der Waals surface area contributed by atoms with Crippen LogP contribution in [0, 0.1) is 0 Å². The highest BCUT2D eigenvalue weighted by Gasteiger charge is 2.09. The summed E-state index contributed by atoms with van der Waals surface area (Å²) in [5, 5.41) is 14.5. The van der Waals surface area contributed by atoms with Crippen LogP contribution in [0.25, 0.3) is 21.8 Å². The van der Waals surface area contributed by atoms with E-state index in [2.05, 4.69) is 17.4 Å². The topological polar surface area (TPSA) is 62.2 Å². The normalized spacial score (nSPS) is 10.5. The van der Waals surface area contributed by atoms with E-state index in [1.54, 1.807) is 0 Å². The molecule has 0 spiro atoms. The van der Waals surface area contributed by atoms with E-state index in [1.807, 2.05) is 60.7 Å². The maximum absolute atomic E-state index is 10.7. The number of halogens is 1. The Bertz CT molecular complexity index is 1040. The summed E-state index contributed by atoms with van der Waals surface area (Å²) in [7, 11) is 0. The van der Waals surface area contributed by atoms with Crippen LogP contribution in [-0.4, -0.2) is 16.1 Å². The van der Waals surface area contributed by atoms with Crippen molar-refractivity contribution >= 4 is 51.6 Å². The number of carboxylic acids is 1. The minimum Gasteiger partial charge on any atom is -0.481 e. The molecule has 4 nitrogen and oxygen atoms in total. The van der Waals surface area contributed by atoms with Crippen molar-refractivity contribution in [2.24, 2.45) is 0 Å². The van der Waals surface area contributed by atoms with Gasteiger partial charge in [-0.05, 0) is 36.2 Å². The molecule has 136 valence electrons. The molecule has 3 aromatic carbocycles. The van der Waals surface area contributed by atoms with Crippen molar-refractivity contribution in [1.29, 1.82) is 0 Å². The highest BCUT2D eigenvalue weighted by atomic mass is 35.5. The molecule has 0 bridgehead atoms. The maximum Gasteiger partial charge on any atom is 0.303 e. The quantitative estimate of drug-likeness (QED) is 0.445. The van der Waals surface area contributed by atoms with Gasteiger partial charge < -0.3 is 10.4 Å². The van der Waals surface area contributed by atoms with Gasteiger partial charge in [0.25, 0.3) is 0 Å². The molecular formula is C22H19ClN2O2. The van der Waals surface area contributed by atoms with Crippen molar-refractivity contribution in [1.82, 2.24) is 4.98 Å². The van der Waals surface area contributed by atoms with Gasteiger partial charge in [-0.1, -0.05) is 48.5 Å². The number of rotatable bonds is 5. The third-order valence-corrected chi connectivity index (χ3v) is 4.44. The molecule has 0 aliphatic rings. The third-order valence-electron chi connectivity index (χ3n) is 4.44. The Labute approximate surface area is 163 Å². The van der Waals surface area contributed by atoms with Crippen molar-refractivity contribution in [2.75, 3.05) is 5.32 Å². The molecular weight excluding hydrogens is 360 g/mol. The van der Waals surface area contributed by atoms with Crippen molar-refractivity contribution in [3.63, 3.8) is 0 Å². The summed E-state index contributed by atoms with van der Waals surface area (Å²) in [6.07, 6.45) is 0.684. The minimum absolute atomic E-state index is 0. The van der Waals surface area contributed by atoms with Gasteiger partial charge in [-0.2, -0.15) is 0 Å². The van der Waals surface area contributed by atoms with Crippen LogP contribution in [0.3, 0.4) is 0 Å². The fourth-order valence-corrected chi connectivity index (χ4v) is 3.12. The number of nitrogens with zero attached hydrogens (tertiary/aromatic N) is 1. The Morgan fingerprint density at radius 1 is 0.852 bits per heavy atom. The Morgan fingerprint density at radius 3 is 1.96 bits per heavy atom. The van der Waals surface area contributed by atoms with Gasteiger partial charge in [0.15, 0.2) is 0 Å². The van der Waals surface area contributed by atoms with Crippen LogP contribution < -0.4 is 5.32 Å². The van der Waals surface area contributed by atoms with E-state index in [-0.39, 0.29) is 18.8 Å². The number of para-hydroxylation sites is 2. The number of nitrogens with one attached hydrogen (secondary N) is 1. The predicted molar refractivity (Wildman–Crippen MR) is 112 cm³/mol. The zero-order chi connectivity index (χ0) is 17.9. The Hall–Kier alpha value is -3.11. The second-order valence-corrected chi connectivity index (χ2v) is 6.24. The fourth-order valence-electron chi connectivity index (χ4n) is 3.12. The molecule has 0 amide bonds. The summed E-state index contributed by atoms with van der Waals surface area (Å²) < 4.78 is 0. The molecule has 0 saturated heterocycles. The Balaban J connectivity index is 0.00000210. The van der Waals surface area contributed by atoms with Gasteiger partial charge in [-0.25, -0.2) is 4.98 Å². The van der Waals surface area contributed by atoms with E-state index in [9.17, 15) is 4.79 Å². The number of hydrogen-bond acceptors (Lipinski definition) is 3. The molecule has 0 aliphatic carbocycles. The lowest BCUT2D eigenvalue weighted by Crippen LogP contribution is -1.98. The molecule has 1 heterocycles. The molecule has 4 aromatic rings. The van der Waals surface area contributed by atoms with Crippen molar-refractivity contribution in [3.8, 4) is 0 Å². The van der Waals surface area contributed by atoms with Crippen LogP contribution in [0.1, 0.15) is 12.0 Å². The Kier molecular flexibility index (Phi) is 5.57.